The molecule has 0 unspecified atom stereocenters. The van der Waals surface area contributed by atoms with Crippen LogP contribution < -0.4 is 5.32 Å². The average molecular weight is 477 g/mol. The zero-order valence-corrected chi connectivity index (χ0v) is 19.8. The average Bonchev–Trinajstić information content (AvgIpc) is 3.54. The third-order valence-corrected chi connectivity index (χ3v) is 7.82. The van der Waals surface area contributed by atoms with E-state index < -0.39 is 18.0 Å². The van der Waals surface area contributed by atoms with E-state index in [1.165, 1.54) is 22.3 Å². The first kappa shape index (κ1) is 23.4. The second-order valence-corrected chi connectivity index (χ2v) is 9.84. The molecule has 2 aromatic carbocycles. The molecule has 7 nitrogen and oxygen atoms in total. The Kier molecular flexibility index (Phi) is 6.75. The van der Waals surface area contributed by atoms with E-state index in [0.717, 1.165) is 32.1 Å². The number of benzene rings is 2. The highest BCUT2D eigenvalue weighted by molar-refractivity contribution is 5.81. The summed E-state index contributed by atoms with van der Waals surface area (Å²) in [5.74, 6) is -1.07. The van der Waals surface area contributed by atoms with Gasteiger partial charge in [-0.1, -0.05) is 55.0 Å². The highest BCUT2D eigenvalue weighted by atomic mass is 16.5. The maximum atomic E-state index is 12.6. The number of ether oxygens (including phenoxy) is 1. The fraction of sp³-hybridized carbons (Fsp3) is 0.464. The van der Waals surface area contributed by atoms with Gasteiger partial charge in [-0.15, -0.1) is 0 Å². The van der Waals surface area contributed by atoms with Crippen molar-refractivity contribution in [3.8, 4) is 11.1 Å². The molecule has 35 heavy (non-hydrogen) atoms. The molecule has 3 atom stereocenters. The molecule has 7 heteroatoms. The topological polar surface area (TPSA) is 95.9 Å². The maximum Gasteiger partial charge on any atom is 0.407 e. The summed E-state index contributed by atoms with van der Waals surface area (Å²) in [5.41, 5.74) is 4.78. The van der Waals surface area contributed by atoms with E-state index in [4.69, 9.17) is 4.74 Å². The number of aliphatic carboxylic acids is 1. The van der Waals surface area contributed by atoms with Crippen molar-refractivity contribution < 1.29 is 24.2 Å². The molecule has 0 saturated carbocycles. The Hall–Kier alpha value is -3.35. The maximum absolute atomic E-state index is 12.6. The molecule has 5 rings (SSSR count). The molecule has 184 valence electrons. The Balaban J connectivity index is 1.01. The number of fused-ring (bicyclic) bond motifs is 5. The van der Waals surface area contributed by atoms with Crippen LogP contribution in [-0.4, -0.2) is 53.2 Å². The zero-order chi connectivity index (χ0) is 24.4. The first-order valence-corrected chi connectivity index (χ1v) is 12.7. The van der Waals surface area contributed by atoms with Crippen molar-refractivity contribution in [2.45, 2.75) is 62.9 Å². The number of carbonyl (C=O) groups excluding carboxylic acids is 2. The Labute approximate surface area is 205 Å². The van der Waals surface area contributed by atoms with Crippen LogP contribution in [0.5, 0.6) is 0 Å². The number of carboxylic acid groups (broad SMARTS) is 1. The Bertz CT molecular complexity index is 1070. The van der Waals surface area contributed by atoms with Crippen molar-refractivity contribution in [3.63, 3.8) is 0 Å². The van der Waals surface area contributed by atoms with E-state index >= 15 is 0 Å². The Morgan fingerprint density at radius 3 is 2.29 bits per heavy atom. The standard InChI is InChI=1S/C28H32N2O5/c31-26(30-18-13-14-25(30)23(16-18)27(32)33)12-2-1-7-15-29-28(34)35-17-24-21-10-5-3-8-19(21)20-9-4-6-11-22(20)24/h3-6,8-11,18,23-25H,1-2,7,12-17H2,(H,29,34)(H,32,33)/t18-,23+,25+/m0/s1. The molecule has 0 spiro atoms. The highest BCUT2D eigenvalue weighted by Crippen LogP contribution is 2.44. The number of hydrogen-bond donors (Lipinski definition) is 2. The second-order valence-electron chi connectivity index (χ2n) is 9.84. The predicted octanol–water partition coefficient (Wildman–Crippen LogP) is 4.55. The number of hydrogen-bond acceptors (Lipinski definition) is 4. The summed E-state index contributed by atoms with van der Waals surface area (Å²) in [6.45, 7) is 0.796. The minimum absolute atomic E-state index is 0.0424. The summed E-state index contributed by atoms with van der Waals surface area (Å²) in [5, 5.41) is 12.2. The molecule has 3 aliphatic rings. The largest absolute Gasteiger partial charge is 0.481 e. The number of unbranched alkanes of at least 4 members (excludes halogenated alkanes) is 2. The van der Waals surface area contributed by atoms with Gasteiger partial charge in [0.25, 0.3) is 0 Å². The van der Waals surface area contributed by atoms with Crippen LogP contribution in [0.25, 0.3) is 11.1 Å². The van der Waals surface area contributed by atoms with Gasteiger partial charge in [0, 0.05) is 31.0 Å². The summed E-state index contributed by atoms with van der Waals surface area (Å²) < 4.78 is 5.55. The van der Waals surface area contributed by atoms with Crippen LogP contribution in [0.1, 0.15) is 62.0 Å². The molecular formula is C28H32N2O5. The third-order valence-electron chi connectivity index (χ3n) is 7.82. The lowest BCUT2D eigenvalue weighted by atomic mass is 9.89. The molecule has 2 saturated heterocycles. The lowest BCUT2D eigenvalue weighted by Gasteiger charge is -2.23. The fourth-order valence-corrected chi connectivity index (χ4v) is 6.19. The number of carbonyl (C=O) groups is 3. The van der Waals surface area contributed by atoms with Gasteiger partial charge in [0.2, 0.25) is 5.91 Å². The van der Waals surface area contributed by atoms with Gasteiger partial charge in [0.15, 0.2) is 0 Å². The zero-order valence-electron chi connectivity index (χ0n) is 19.8. The van der Waals surface area contributed by atoms with Crippen LogP contribution in [-0.2, 0) is 14.3 Å². The number of nitrogens with zero attached hydrogens (tertiary/aromatic N) is 1. The van der Waals surface area contributed by atoms with Crippen LogP contribution in [0.3, 0.4) is 0 Å². The van der Waals surface area contributed by atoms with Crippen LogP contribution in [0.2, 0.25) is 0 Å². The summed E-state index contributed by atoms with van der Waals surface area (Å²) in [6.07, 6.45) is 4.65. The van der Waals surface area contributed by atoms with E-state index in [1.807, 2.05) is 29.2 Å². The fourth-order valence-electron chi connectivity index (χ4n) is 6.19. The summed E-state index contributed by atoms with van der Waals surface area (Å²) in [7, 11) is 0. The van der Waals surface area contributed by atoms with Crippen molar-refractivity contribution in [2.24, 2.45) is 5.92 Å². The molecule has 2 aliphatic heterocycles. The van der Waals surface area contributed by atoms with Crippen molar-refractivity contribution >= 4 is 18.0 Å². The van der Waals surface area contributed by atoms with Gasteiger partial charge in [-0.25, -0.2) is 4.79 Å². The van der Waals surface area contributed by atoms with Crippen LogP contribution in [0, 0.1) is 5.92 Å². The first-order chi connectivity index (χ1) is 17.0. The third kappa shape index (κ3) is 4.64. The molecule has 2 amide bonds. The van der Waals surface area contributed by atoms with Gasteiger partial charge in [0.1, 0.15) is 6.61 Å². The van der Waals surface area contributed by atoms with Crippen molar-refractivity contribution in [2.75, 3.05) is 13.2 Å². The molecule has 0 aromatic heterocycles. The molecule has 2 heterocycles. The minimum Gasteiger partial charge on any atom is -0.481 e. The van der Waals surface area contributed by atoms with Gasteiger partial charge in [-0.05, 0) is 54.4 Å². The van der Waals surface area contributed by atoms with Crippen molar-refractivity contribution in [1.82, 2.24) is 10.2 Å². The van der Waals surface area contributed by atoms with Crippen LogP contribution >= 0.6 is 0 Å². The van der Waals surface area contributed by atoms with Crippen molar-refractivity contribution in [3.05, 3.63) is 59.7 Å². The highest BCUT2D eigenvalue weighted by Gasteiger charge is 2.50. The molecule has 2 aromatic rings. The van der Waals surface area contributed by atoms with Crippen molar-refractivity contribution in [1.29, 1.82) is 0 Å². The monoisotopic (exact) mass is 476 g/mol. The smallest absolute Gasteiger partial charge is 0.407 e. The molecule has 2 fully saturated rings. The molecule has 0 radical (unpaired) electrons. The Morgan fingerprint density at radius 2 is 1.63 bits per heavy atom. The number of amides is 2. The van der Waals surface area contributed by atoms with Gasteiger partial charge in [-0.3, -0.25) is 9.59 Å². The van der Waals surface area contributed by atoms with Crippen LogP contribution in [0.15, 0.2) is 48.5 Å². The Morgan fingerprint density at radius 1 is 0.943 bits per heavy atom. The molecular weight excluding hydrogens is 444 g/mol. The second kappa shape index (κ2) is 10.1. The summed E-state index contributed by atoms with van der Waals surface area (Å²) >= 11 is 0. The van der Waals surface area contributed by atoms with Gasteiger partial charge < -0.3 is 20.1 Å². The van der Waals surface area contributed by atoms with E-state index in [2.05, 4.69) is 29.6 Å². The summed E-state index contributed by atoms with van der Waals surface area (Å²) in [4.78, 5) is 38.1. The molecule has 2 N–H and O–H groups in total. The quantitative estimate of drug-likeness (QED) is 0.518. The first-order valence-electron chi connectivity index (χ1n) is 12.7. The van der Waals surface area contributed by atoms with E-state index in [1.54, 1.807) is 0 Å². The van der Waals surface area contributed by atoms with E-state index in [-0.39, 0.29) is 23.9 Å². The van der Waals surface area contributed by atoms with E-state index in [9.17, 15) is 19.5 Å². The lowest BCUT2D eigenvalue weighted by Crippen LogP contribution is -2.37. The number of nitrogens with one attached hydrogen (secondary N) is 1. The van der Waals surface area contributed by atoms with Gasteiger partial charge in [0.05, 0.1) is 5.92 Å². The SMILES string of the molecule is O=C(NCCCCCC(=O)N1[C@H]2CC[C@@H]1[C@H](C(=O)O)C2)OCC1c2ccccc2-c2ccccc21. The number of alkyl carbamates (subject to hydrolysis) is 1. The predicted molar refractivity (Wildman–Crippen MR) is 131 cm³/mol. The normalized spacial score (nSPS) is 22.1. The molecule has 1 aliphatic carbocycles. The lowest BCUT2D eigenvalue weighted by molar-refractivity contribution is -0.143. The van der Waals surface area contributed by atoms with Crippen LogP contribution in [0.4, 0.5) is 4.79 Å². The molecule has 2 bridgehead atoms. The minimum atomic E-state index is -0.783. The summed E-state index contributed by atoms with van der Waals surface area (Å²) in [6, 6.07) is 16.5. The number of carboxylic acids is 1. The van der Waals surface area contributed by atoms with Gasteiger partial charge in [-0.2, -0.15) is 0 Å². The van der Waals surface area contributed by atoms with E-state index in [0.29, 0.717) is 26.0 Å². The van der Waals surface area contributed by atoms with Gasteiger partial charge >= 0.3 is 12.1 Å². The number of rotatable bonds is 9.